The Morgan fingerprint density at radius 3 is 3.00 bits per heavy atom. The second-order valence-electron chi connectivity index (χ2n) is 2.72. The Morgan fingerprint density at radius 2 is 2.31 bits per heavy atom. The topological polar surface area (TPSA) is 26.0 Å². The fraction of sp³-hybridized carbons (Fsp3) is 0.111. The summed E-state index contributed by atoms with van der Waals surface area (Å²) in [7, 11) is 0. The van der Waals surface area contributed by atoms with E-state index in [1.807, 2.05) is 5.38 Å². The fourth-order valence-electron chi connectivity index (χ4n) is 1.28. The molecule has 13 heavy (non-hydrogen) atoms. The molecule has 0 amide bonds. The maximum atomic E-state index is 5.97. The van der Waals surface area contributed by atoms with Crippen molar-refractivity contribution in [1.29, 1.82) is 0 Å². The standard InChI is InChI=1S/C9H7BrClNS/c10-7-3-5-1-2-13-9(5)8(12)6(7)4-11/h1-3H,4,12H2. The molecule has 0 aliphatic heterocycles. The van der Waals surface area contributed by atoms with Crippen LogP contribution in [0.1, 0.15) is 5.56 Å². The molecule has 0 radical (unpaired) electrons. The van der Waals surface area contributed by atoms with Crippen LogP contribution in [0.5, 0.6) is 0 Å². The largest absolute Gasteiger partial charge is 0.397 e. The van der Waals surface area contributed by atoms with Gasteiger partial charge in [-0.05, 0) is 22.9 Å². The first-order chi connectivity index (χ1) is 6.24. The van der Waals surface area contributed by atoms with E-state index in [0.717, 1.165) is 20.4 Å². The Bertz CT molecular complexity index is 452. The molecule has 1 aromatic carbocycles. The minimum Gasteiger partial charge on any atom is -0.397 e. The molecule has 2 aromatic rings. The maximum absolute atomic E-state index is 5.97. The molecule has 68 valence electrons. The van der Waals surface area contributed by atoms with Crippen LogP contribution in [-0.4, -0.2) is 0 Å². The zero-order chi connectivity index (χ0) is 9.42. The molecule has 1 aromatic heterocycles. The molecule has 2 rings (SSSR count). The molecule has 2 N–H and O–H groups in total. The van der Waals surface area contributed by atoms with Crippen LogP contribution < -0.4 is 5.73 Å². The fourth-order valence-corrected chi connectivity index (χ4v) is 3.19. The average Bonchev–Trinajstić information content (AvgIpc) is 2.53. The molecular weight excluding hydrogens is 270 g/mol. The lowest BCUT2D eigenvalue weighted by Crippen LogP contribution is -1.92. The van der Waals surface area contributed by atoms with Gasteiger partial charge in [-0.25, -0.2) is 0 Å². The summed E-state index contributed by atoms with van der Waals surface area (Å²) in [5.41, 5.74) is 7.75. The van der Waals surface area contributed by atoms with Crippen molar-refractivity contribution in [3.63, 3.8) is 0 Å². The Labute approximate surface area is 93.6 Å². The summed E-state index contributed by atoms with van der Waals surface area (Å²) in [6.07, 6.45) is 0. The Kier molecular flexibility index (Phi) is 2.49. The van der Waals surface area contributed by atoms with Crippen molar-refractivity contribution in [1.82, 2.24) is 0 Å². The van der Waals surface area contributed by atoms with Crippen LogP contribution in [0.15, 0.2) is 22.0 Å². The van der Waals surface area contributed by atoms with Crippen LogP contribution in [0.3, 0.4) is 0 Å². The van der Waals surface area contributed by atoms with Crippen molar-refractivity contribution in [2.24, 2.45) is 0 Å². The van der Waals surface area contributed by atoms with E-state index in [2.05, 4.69) is 28.1 Å². The van der Waals surface area contributed by atoms with Crippen molar-refractivity contribution >= 4 is 54.6 Å². The first kappa shape index (κ1) is 9.31. The third-order valence-corrected chi connectivity index (χ3v) is 3.91. The van der Waals surface area contributed by atoms with Crippen molar-refractivity contribution in [2.75, 3.05) is 5.73 Å². The van der Waals surface area contributed by atoms with Gasteiger partial charge in [0.2, 0.25) is 0 Å². The number of nitrogens with two attached hydrogens (primary N) is 1. The second kappa shape index (κ2) is 3.48. The van der Waals surface area contributed by atoms with Gasteiger partial charge in [0, 0.05) is 10.0 Å². The van der Waals surface area contributed by atoms with Crippen molar-refractivity contribution in [2.45, 2.75) is 5.88 Å². The van der Waals surface area contributed by atoms with E-state index in [1.54, 1.807) is 11.3 Å². The number of rotatable bonds is 1. The number of benzene rings is 1. The Hall–Kier alpha value is -0.250. The lowest BCUT2D eigenvalue weighted by atomic mass is 10.1. The van der Waals surface area contributed by atoms with Crippen LogP contribution in [-0.2, 0) is 5.88 Å². The highest BCUT2D eigenvalue weighted by molar-refractivity contribution is 9.10. The Morgan fingerprint density at radius 1 is 1.54 bits per heavy atom. The number of alkyl halides is 1. The molecule has 0 aliphatic rings. The number of halogens is 2. The lowest BCUT2D eigenvalue weighted by Gasteiger charge is -2.05. The van der Waals surface area contributed by atoms with E-state index in [0.29, 0.717) is 5.88 Å². The van der Waals surface area contributed by atoms with Gasteiger partial charge in [0.1, 0.15) is 0 Å². The molecule has 1 heterocycles. The first-order valence-corrected chi connectivity index (χ1v) is 5.94. The average molecular weight is 277 g/mol. The van der Waals surface area contributed by atoms with Crippen LogP contribution in [0.2, 0.25) is 0 Å². The first-order valence-electron chi connectivity index (χ1n) is 3.74. The van der Waals surface area contributed by atoms with Gasteiger partial charge < -0.3 is 5.73 Å². The zero-order valence-corrected chi connectivity index (χ0v) is 9.84. The Balaban J connectivity index is 2.85. The number of thiophene rings is 1. The number of nitrogen functional groups attached to an aromatic ring is 1. The van der Waals surface area contributed by atoms with E-state index in [9.17, 15) is 0 Å². The SMILES string of the molecule is Nc1c(CCl)c(Br)cc2ccsc12. The number of fused-ring (bicyclic) bond motifs is 1. The quantitative estimate of drug-likeness (QED) is 0.619. The molecule has 0 saturated carbocycles. The molecule has 0 fully saturated rings. The van der Waals surface area contributed by atoms with E-state index in [-0.39, 0.29) is 0 Å². The summed E-state index contributed by atoms with van der Waals surface area (Å²) in [4.78, 5) is 0. The van der Waals surface area contributed by atoms with Gasteiger partial charge in [-0.15, -0.1) is 22.9 Å². The van der Waals surface area contributed by atoms with Crippen LogP contribution in [0.25, 0.3) is 10.1 Å². The monoisotopic (exact) mass is 275 g/mol. The highest BCUT2D eigenvalue weighted by Gasteiger charge is 2.08. The predicted octanol–water partition coefficient (Wildman–Crippen LogP) is 3.98. The third-order valence-electron chi connectivity index (χ3n) is 1.97. The van der Waals surface area contributed by atoms with Gasteiger partial charge in [-0.2, -0.15) is 0 Å². The van der Waals surface area contributed by atoms with Gasteiger partial charge in [0.25, 0.3) is 0 Å². The molecule has 1 nitrogen and oxygen atoms in total. The van der Waals surface area contributed by atoms with Crippen molar-refractivity contribution in [3.8, 4) is 0 Å². The van der Waals surface area contributed by atoms with Gasteiger partial charge in [0.05, 0.1) is 16.3 Å². The molecule has 0 atom stereocenters. The molecule has 4 heteroatoms. The van der Waals surface area contributed by atoms with Crippen LogP contribution >= 0.6 is 38.9 Å². The third kappa shape index (κ3) is 1.45. The maximum Gasteiger partial charge on any atom is 0.0576 e. The molecule has 0 unspecified atom stereocenters. The van der Waals surface area contributed by atoms with Gasteiger partial charge in [0.15, 0.2) is 0 Å². The molecule has 0 saturated heterocycles. The molecular formula is C9H7BrClNS. The van der Waals surface area contributed by atoms with Gasteiger partial charge >= 0.3 is 0 Å². The van der Waals surface area contributed by atoms with E-state index < -0.39 is 0 Å². The minimum absolute atomic E-state index is 0.445. The lowest BCUT2D eigenvalue weighted by molar-refractivity contribution is 1.40. The van der Waals surface area contributed by atoms with E-state index >= 15 is 0 Å². The summed E-state index contributed by atoms with van der Waals surface area (Å²) in [5.74, 6) is 0.445. The zero-order valence-electron chi connectivity index (χ0n) is 6.68. The highest BCUT2D eigenvalue weighted by atomic mass is 79.9. The number of hydrogen-bond donors (Lipinski definition) is 1. The van der Waals surface area contributed by atoms with E-state index in [4.69, 9.17) is 17.3 Å². The second-order valence-corrected chi connectivity index (χ2v) is 4.76. The van der Waals surface area contributed by atoms with Crippen LogP contribution in [0, 0.1) is 0 Å². The summed E-state index contributed by atoms with van der Waals surface area (Å²) in [6, 6.07) is 4.11. The smallest absolute Gasteiger partial charge is 0.0576 e. The summed E-state index contributed by atoms with van der Waals surface area (Å²) in [6.45, 7) is 0. The van der Waals surface area contributed by atoms with Crippen molar-refractivity contribution in [3.05, 3.63) is 27.5 Å². The van der Waals surface area contributed by atoms with Crippen LogP contribution in [0.4, 0.5) is 5.69 Å². The predicted molar refractivity (Wildman–Crippen MR) is 63.5 cm³/mol. The summed E-state index contributed by atoms with van der Waals surface area (Å²) < 4.78 is 2.12. The number of hydrogen-bond acceptors (Lipinski definition) is 2. The number of anilines is 1. The van der Waals surface area contributed by atoms with Gasteiger partial charge in [-0.1, -0.05) is 15.9 Å². The summed E-state index contributed by atoms with van der Waals surface area (Å²) in [5, 5.41) is 3.20. The molecule has 0 bridgehead atoms. The highest BCUT2D eigenvalue weighted by Crippen LogP contribution is 2.35. The normalized spacial score (nSPS) is 10.9. The molecule has 0 aliphatic carbocycles. The summed E-state index contributed by atoms with van der Waals surface area (Å²) >= 11 is 10.9. The van der Waals surface area contributed by atoms with Crippen molar-refractivity contribution < 1.29 is 0 Å². The minimum atomic E-state index is 0.445. The molecule has 0 spiro atoms. The van der Waals surface area contributed by atoms with E-state index in [1.165, 1.54) is 5.39 Å². The van der Waals surface area contributed by atoms with Gasteiger partial charge in [-0.3, -0.25) is 0 Å².